The topological polar surface area (TPSA) is 64.4 Å². The molecule has 0 aromatic carbocycles. The highest BCUT2D eigenvalue weighted by molar-refractivity contribution is 7.99. The number of carboxylic acids is 1. The number of aromatic nitrogens is 2. The Labute approximate surface area is 131 Å². The molecular weight excluding hydrogens is 288 g/mol. The second kappa shape index (κ2) is 8.44. The average molecular weight is 314 g/mol. The van der Waals surface area contributed by atoms with Crippen molar-refractivity contribution in [2.75, 3.05) is 19.0 Å². The van der Waals surface area contributed by atoms with Crippen LogP contribution in [-0.2, 0) is 21.5 Å². The van der Waals surface area contributed by atoms with Crippen LogP contribution in [0.5, 0.6) is 0 Å². The molecule has 1 aromatic heterocycles. The van der Waals surface area contributed by atoms with E-state index in [1.165, 1.54) is 11.8 Å². The molecule has 1 heterocycles. The predicted molar refractivity (Wildman–Crippen MR) is 85.0 cm³/mol. The molecule has 6 heteroatoms. The number of hydrogen-bond acceptors (Lipinski definition) is 4. The summed E-state index contributed by atoms with van der Waals surface area (Å²) in [5.41, 5.74) is 1.12. The van der Waals surface area contributed by atoms with E-state index >= 15 is 0 Å². The Morgan fingerprint density at radius 1 is 1.43 bits per heavy atom. The Bertz CT molecular complexity index is 452. The maximum absolute atomic E-state index is 10.7. The summed E-state index contributed by atoms with van der Waals surface area (Å²) in [6.45, 7) is 10.8. The molecule has 1 rings (SSSR count). The largest absolute Gasteiger partial charge is 0.481 e. The minimum atomic E-state index is -0.821. The van der Waals surface area contributed by atoms with Crippen LogP contribution in [0.3, 0.4) is 0 Å². The first-order valence-corrected chi connectivity index (χ1v) is 8.33. The van der Waals surface area contributed by atoms with Crippen molar-refractivity contribution in [3.05, 3.63) is 11.9 Å². The second-order valence-electron chi connectivity index (χ2n) is 5.98. The average Bonchev–Trinajstić information content (AvgIpc) is 2.79. The lowest BCUT2D eigenvalue weighted by Gasteiger charge is -2.21. The van der Waals surface area contributed by atoms with Crippen molar-refractivity contribution in [2.24, 2.45) is 0 Å². The molecule has 0 saturated carbocycles. The van der Waals surface area contributed by atoms with E-state index in [0.717, 1.165) is 43.5 Å². The number of carbonyl (C=O) groups is 1. The normalized spacial score (nSPS) is 11.8. The third-order valence-electron chi connectivity index (χ3n) is 2.93. The van der Waals surface area contributed by atoms with Crippen molar-refractivity contribution in [1.29, 1.82) is 0 Å². The lowest BCUT2D eigenvalue weighted by molar-refractivity contribution is -0.133. The zero-order chi connectivity index (χ0) is 15.9. The second-order valence-corrected chi connectivity index (χ2v) is 6.92. The van der Waals surface area contributed by atoms with Gasteiger partial charge in [0, 0.05) is 37.1 Å². The summed E-state index contributed by atoms with van der Waals surface area (Å²) < 4.78 is 7.64. The van der Waals surface area contributed by atoms with Gasteiger partial charge < -0.3 is 14.4 Å². The van der Waals surface area contributed by atoms with Crippen LogP contribution in [0.2, 0.25) is 0 Å². The number of thioether (sulfide) groups is 1. The van der Waals surface area contributed by atoms with E-state index in [0.29, 0.717) is 0 Å². The Kier molecular flexibility index (Phi) is 7.25. The van der Waals surface area contributed by atoms with Crippen LogP contribution >= 0.6 is 11.8 Å². The first kappa shape index (κ1) is 18.0. The molecule has 0 spiro atoms. The highest BCUT2D eigenvalue weighted by Crippen LogP contribution is 2.27. The van der Waals surface area contributed by atoms with Gasteiger partial charge in [-0.25, -0.2) is 4.98 Å². The third kappa shape index (κ3) is 6.09. The summed E-state index contributed by atoms with van der Waals surface area (Å²) in [5.74, 6) is -0.787. The van der Waals surface area contributed by atoms with Gasteiger partial charge in [-0.15, -0.1) is 0 Å². The van der Waals surface area contributed by atoms with Gasteiger partial charge in [-0.2, -0.15) is 0 Å². The standard InChI is InChI=1S/C15H26N2O3S/c1-5-8-20-9-6-7-17-12(15(2,3)4)10-16-14(17)21-11-13(18)19/h10H,5-9,11H2,1-4H3,(H,18,19). The van der Waals surface area contributed by atoms with Gasteiger partial charge in [0.25, 0.3) is 0 Å². The Morgan fingerprint density at radius 2 is 2.14 bits per heavy atom. The van der Waals surface area contributed by atoms with E-state index in [1.54, 1.807) is 0 Å². The molecule has 0 saturated heterocycles. The molecule has 1 aromatic rings. The quantitative estimate of drug-likeness (QED) is 0.560. The molecule has 0 radical (unpaired) electrons. The highest BCUT2D eigenvalue weighted by Gasteiger charge is 2.22. The van der Waals surface area contributed by atoms with Crippen molar-refractivity contribution >= 4 is 17.7 Å². The van der Waals surface area contributed by atoms with Gasteiger partial charge in [-0.3, -0.25) is 4.79 Å². The lowest BCUT2D eigenvalue weighted by atomic mass is 9.92. The zero-order valence-corrected chi connectivity index (χ0v) is 14.2. The highest BCUT2D eigenvalue weighted by atomic mass is 32.2. The summed E-state index contributed by atoms with van der Waals surface area (Å²) in [5, 5.41) is 9.60. The lowest BCUT2D eigenvalue weighted by Crippen LogP contribution is -2.19. The van der Waals surface area contributed by atoms with Gasteiger partial charge in [0.1, 0.15) is 0 Å². The predicted octanol–water partition coefficient (Wildman–Crippen LogP) is 3.17. The van der Waals surface area contributed by atoms with Crippen LogP contribution in [0.4, 0.5) is 0 Å². The summed E-state index contributed by atoms with van der Waals surface area (Å²) in [4.78, 5) is 15.1. The van der Waals surface area contributed by atoms with Gasteiger partial charge in [-0.05, 0) is 12.8 Å². The Hall–Kier alpha value is -1.01. The zero-order valence-electron chi connectivity index (χ0n) is 13.4. The van der Waals surface area contributed by atoms with E-state index in [1.807, 2.05) is 6.20 Å². The molecule has 0 fully saturated rings. The monoisotopic (exact) mass is 314 g/mol. The van der Waals surface area contributed by atoms with Gasteiger partial charge in [-0.1, -0.05) is 39.5 Å². The fourth-order valence-corrected chi connectivity index (χ4v) is 2.71. The molecule has 0 aliphatic heterocycles. The molecule has 0 amide bonds. The van der Waals surface area contributed by atoms with E-state index in [-0.39, 0.29) is 11.2 Å². The summed E-state index contributed by atoms with van der Waals surface area (Å²) >= 11 is 1.27. The Balaban J connectivity index is 2.74. The number of carboxylic acid groups (broad SMARTS) is 1. The van der Waals surface area contributed by atoms with Crippen LogP contribution in [0, 0.1) is 0 Å². The summed E-state index contributed by atoms with van der Waals surface area (Å²) in [6.07, 6.45) is 3.79. The van der Waals surface area contributed by atoms with E-state index < -0.39 is 5.97 Å². The molecule has 0 atom stereocenters. The van der Waals surface area contributed by atoms with E-state index in [9.17, 15) is 4.79 Å². The molecule has 0 aliphatic rings. The summed E-state index contributed by atoms with van der Waals surface area (Å²) in [6, 6.07) is 0. The molecule has 0 unspecified atom stereocenters. The minimum absolute atomic E-state index is 0.0146. The molecule has 21 heavy (non-hydrogen) atoms. The first-order chi connectivity index (χ1) is 9.86. The first-order valence-electron chi connectivity index (χ1n) is 7.34. The smallest absolute Gasteiger partial charge is 0.313 e. The van der Waals surface area contributed by atoms with Crippen molar-refractivity contribution in [3.8, 4) is 0 Å². The van der Waals surface area contributed by atoms with Crippen LogP contribution in [0.25, 0.3) is 0 Å². The van der Waals surface area contributed by atoms with Gasteiger partial charge in [0.05, 0.1) is 5.75 Å². The van der Waals surface area contributed by atoms with Crippen LogP contribution in [0.1, 0.15) is 46.2 Å². The molecule has 5 nitrogen and oxygen atoms in total. The van der Waals surface area contributed by atoms with E-state index in [2.05, 4.69) is 37.2 Å². The molecule has 1 N–H and O–H groups in total. The number of imidazole rings is 1. The number of rotatable bonds is 9. The number of nitrogens with zero attached hydrogens (tertiary/aromatic N) is 2. The molecule has 0 bridgehead atoms. The van der Waals surface area contributed by atoms with Crippen LogP contribution in [0.15, 0.2) is 11.4 Å². The number of aliphatic carboxylic acids is 1. The maximum atomic E-state index is 10.7. The van der Waals surface area contributed by atoms with Crippen molar-refractivity contribution in [2.45, 2.75) is 57.7 Å². The van der Waals surface area contributed by atoms with Crippen molar-refractivity contribution in [3.63, 3.8) is 0 Å². The van der Waals surface area contributed by atoms with Gasteiger partial charge >= 0.3 is 5.97 Å². The van der Waals surface area contributed by atoms with Crippen LogP contribution in [-0.4, -0.2) is 39.6 Å². The third-order valence-corrected chi connectivity index (χ3v) is 3.91. The van der Waals surface area contributed by atoms with Gasteiger partial charge in [0.15, 0.2) is 5.16 Å². The maximum Gasteiger partial charge on any atom is 0.313 e. The fraction of sp³-hybridized carbons (Fsp3) is 0.733. The fourth-order valence-electron chi connectivity index (χ4n) is 1.99. The van der Waals surface area contributed by atoms with Crippen LogP contribution < -0.4 is 0 Å². The van der Waals surface area contributed by atoms with Crippen molar-refractivity contribution < 1.29 is 14.6 Å². The molecule has 120 valence electrons. The van der Waals surface area contributed by atoms with Crippen molar-refractivity contribution in [1.82, 2.24) is 9.55 Å². The number of hydrogen-bond donors (Lipinski definition) is 1. The minimum Gasteiger partial charge on any atom is -0.481 e. The van der Waals surface area contributed by atoms with Gasteiger partial charge in [0.2, 0.25) is 0 Å². The SMILES string of the molecule is CCCOCCCn1c(C(C)(C)C)cnc1SCC(=O)O. The molecule has 0 aliphatic carbocycles. The van der Waals surface area contributed by atoms with E-state index in [4.69, 9.17) is 9.84 Å². The molecular formula is C15H26N2O3S. The Morgan fingerprint density at radius 3 is 2.71 bits per heavy atom. The summed E-state index contributed by atoms with van der Waals surface area (Å²) in [7, 11) is 0. The number of ether oxygens (including phenoxy) is 1.